The first-order valence-electron chi connectivity index (χ1n) is 9.48. The molecule has 0 spiro atoms. The molecule has 10 nitrogen and oxygen atoms in total. The third-order valence-corrected chi connectivity index (χ3v) is 5.67. The molecule has 0 radical (unpaired) electrons. The number of nitrogens with zero attached hydrogens (tertiary/aromatic N) is 3. The van der Waals surface area contributed by atoms with Crippen molar-refractivity contribution in [1.82, 2.24) is 19.5 Å². The Morgan fingerprint density at radius 3 is 2.81 bits per heavy atom. The molecule has 3 rings (SSSR count). The normalized spacial score (nSPS) is 13.8. The smallest absolute Gasteiger partial charge is 0.332 e. The second-order valence-electron chi connectivity index (χ2n) is 7.07. The van der Waals surface area contributed by atoms with Crippen molar-refractivity contribution >= 4 is 21.6 Å². The number of anilines is 1. The zero-order valence-electron chi connectivity index (χ0n) is 17.6. The van der Waals surface area contributed by atoms with E-state index in [1.807, 2.05) is 0 Å². The van der Waals surface area contributed by atoms with Crippen LogP contribution in [0.4, 0.5) is 14.9 Å². The molecule has 0 bridgehead atoms. The van der Waals surface area contributed by atoms with E-state index in [1.54, 1.807) is 26.0 Å². The maximum atomic E-state index is 14.1. The molecule has 0 aliphatic rings. The van der Waals surface area contributed by atoms with E-state index in [0.29, 0.717) is 22.6 Å². The van der Waals surface area contributed by atoms with E-state index < -0.39 is 27.9 Å². The van der Waals surface area contributed by atoms with Crippen LogP contribution in [-0.2, 0) is 16.5 Å². The van der Waals surface area contributed by atoms with Crippen molar-refractivity contribution in [2.45, 2.75) is 31.5 Å². The monoisotopic (exact) mass is 462 g/mol. The van der Waals surface area contributed by atoms with Crippen LogP contribution in [-0.4, -0.2) is 43.3 Å². The number of aliphatic hydroxyl groups excluding tert-OH is 1. The summed E-state index contributed by atoms with van der Waals surface area (Å²) in [6.07, 6.45) is 2.25. The fourth-order valence-corrected chi connectivity index (χ4v) is 3.91. The van der Waals surface area contributed by atoms with Crippen LogP contribution in [0, 0.1) is 17.5 Å². The molecule has 2 amide bonds. The zero-order valence-corrected chi connectivity index (χ0v) is 18.4. The predicted molar refractivity (Wildman–Crippen MR) is 116 cm³/mol. The number of carbonyl (C=O) groups excluding carboxylic acids is 1. The zero-order chi connectivity index (χ0) is 23.5. The van der Waals surface area contributed by atoms with Crippen molar-refractivity contribution in [1.29, 1.82) is 4.78 Å². The topological polar surface area (TPSA) is 142 Å². The quantitative estimate of drug-likeness (QED) is 0.425. The van der Waals surface area contributed by atoms with Gasteiger partial charge in [-0.3, -0.25) is 4.68 Å². The molecule has 12 heteroatoms. The molecule has 1 aromatic carbocycles. The average molecular weight is 463 g/mol. The lowest BCUT2D eigenvalue weighted by molar-refractivity contribution is 0.168. The van der Waals surface area contributed by atoms with E-state index >= 15 is 0 Å². The van der Waals surface area contributed by atoms with Crippen molar-refractivity contribution in [2.24, 2.45) is 0 Å². The number of rotatable bonds is 7. The minimum absolute atomic E-state index is 0.148. The van der Waals surface area contributed by atoms with E-state index in [2.05, 4.69) is 20.1 Å². The number of benzene rings is 1. The maximum absolute atomic E-state index is 14.1. The average Bonchev–Trinajstić information content (AvgIpc) is 3.18. The minimum atomic E-state index is -3.78. The second-order valence-corrected chi connectivity index (χ2v) is 8.80. The summed E-state index contributed by atoms with van der Waals surface area (Å²) < 4.78 is 43.4. The van der Waals surface area contributed by atoms with E-state index in [0.717, 1.165) is 0 Å². The number of halogens is 1. The molecule has 0 aliphatic carbocycles. The van der Waals surface area contributed by atoms with Crippen molar-refractivity contribution in [3.05, 3.63) is 54.1 Å². The summed E-state index contributed by atoms with van der Waals surface area (Å²) in [6.45, 7) is 3.32. The van der Waals surface area contributed by atoms with Crippen LogP contribution in [0.1, 0.15) is 12.5 Å². The predicted octanol–water partition coefficient (Wildman–Crippen LogP) is 2.92. The molecule has 0 aliphatic heterocycles. The van der Waals surface area contributed by atoms with E-state index in [1.165, 1.54) is 42.4 Å². The summed E-state index contributed by atoms with van der Waals surface area (Å²) in [5.74, 6) is -0.200. The van der Waals surface area contributed by atoms with Crippen LogP contribution in [0.15, 0.2) is 47.8 Å². The van der Waals surface area contributed by atoms with Crippen LogP contribution in [0.5, 0.6) is 5.88 Å². The van der Waals surface area contributed by atoms with Crippen LogP contribution >= 0.6 is 0 Å². The molecule has 170 valence electrons. The number of nitrogens with one attached hydrogen (secondary N) is 3. The van der Waals surface area contributed by atoms with Gasteiger partial charge in [0.2, 0.25) is 5.88 Å². The molecule has 0 saturated carbocycles. The van der Waals surface area contributed by atoms with Gasteiger partial charge in [0.05, 0.1) is 25.4 Å². The molecule has 2 heterocycles. The third kappa shape index (κ3) is 5.39. The molecule has 0 saturated heterocycles. The van der Waals surface area contributed by atoms with Gasteiger partial charge >= 0.3 is 6.03 Å². The molecule has 2 aromatic heterocycles. The highest BCUT2D eigenvalue weighted by molar-refractivity contribution is 7.91. The van der Waals surface area contributed by atoms with Gasteiger partial charge in [0.15, 0.2) is 14.9 Å². The van der Waals surface area contributed by atoms with Gasteiger partial charge in [-0.2, -0.15) is 5.10 Å². The maximum Gasteiger partial charge on any atom is 0.332 e. The van der Waals surface area contributed by atoms with Crippen LogP contribution in [0.2, 0.25) is 0 Å². The first-order valence-corrected chi connectivity index (χ1v) is 11.0. The number of ether oxygens (including phenoxy) is 1. The molecular formula is C20H23FN6O4S. The van der Waals surface area contributed by atoms with E-state index in [4.69, 9.17) is 9.52 Å². The Morgan fingerprint density at radius 2 is 2.12 bits per heavy atom. The summed E-state index contributed by atoms with van der Waals surface area (Å²) in [7, 11) is -2.34. The van der Waals surface area contributed by atoms with Gasteiger partial charge in [-0.15, -0.1) is 0 Å². The summed E-state index contributed by atoms with van der Waals surface area (Å²) in [6, 6.07) is 6.10. The fourth-order valence-electron chi connectivity index (χ4n) is 3.02. The Kier molecular flexibility index (Phi) is 6.75. The van der Waals surface area contributed by atoms with Gasteiger partial charge in [0.25, 0.3) is 0 Å². The van der Waals surface area contributed by atoms with E-state index in [-0.39, 0.29) is 17.3 Å². The lowest BCUT2D eigenvalue weighted by Crippen LogP contribution is -2.34. The molecule has 2 unspecified atom stereocenters. The highest BCUT2D eigenvalue weighted by Gasteiger charge is 2.20. The van der Waals surface area contributed by atoms with Crippen molar-refractivity contribution in [3.8, 4) is 17.0 Å². The standard InChI is InChI=1S/C20H23FN6O4S/c1-12-8-15(21)10-16(14-4-6-23-17(9-14)31-3)19(12)24-20(29)26-32(22,30)18-5-7-27(25-18)11-13(2)28/h4-10,13,28H,11H2,1-3H3,(H3,22,24,26,29,30). The molecule has 2 atom stereocenters. The molecule has 32 heavy (non-hydrogen) atoms. The Hall–Kier alpha value is -3.51. The highest BCUT2D eigenvalue weighted by atomic mass is 32.2. The number of urea groups is 1. The number of hydrogen-bond donors (Lipinski definition) is 4. The SMILES string of the molecule is COc1cc(-c2cc(F)cc(C)c2NC(=O)NS(=N)(=O)c2ccn(CC(C)O)n2)ccn1. The number of methoxy groups -OCH3 is 1. The van der Waals surface area contributed by atoms with Crippen molar-refractivity contribution < 1.29 is 23.2 Å². The second kappa shape index (κ2) is 9.32. The van der Waals surface area contributed by atoms with Gasteiger partial charge in [0, 0.05) is 24.0 Å². The van der Waals surface area contributed by atoms with Gasteiger partial charge in [-0.25, -0.2) is 27.9 Å². The van der Waals surface area contributed by atoms with Crippen LogP contribution in [0.3, 0.4) is 0 Å². The summed E-state index contributed by atoms with van der Waals surface area (Å²) in [4.78, 5) is 16.6. The third-order valence-electron chi connectivity index (χ3n) is 4.39. The fraction of sp³-hybridized carbons (Fsp3) is 0.250. The Bertz CT molecular complexity index is 1240. The van der Waals surface area contributed by atoms with Crippen LogP contribution < -0.4 is 14.8 Å². The molecule has 0 fully saturated rings. The minimum Gasteiger partial charge on any atom is -0.481 e. The number of aliphatic hydroxyl groups is 1. The van der Waals surface area contributed by atoms with Gasteiger partial charge in [-0.1, -0.05) is 0 Å². The lowest BCUT2D eigenvalue weighted by atomic mass is 10.0. The molecule has 4 N–H and O–H groups in total. The summed E-state index contributed by atoms with van der Waals surface area (Å²) in [5, 5.41) is 15.8. The summed E-state index contributed by atoms with van der Waals surface area (Å²) >= 11 is 0. The Morgan fingerprint density at radius 1 is 1.38 bits per heavy atom. The van der Waals surface area contributed by atoms with Crippen molar-refractivity contribution in [2.75, 3.05) is 12.4 Å². The van der Waals surface area contributed by atoms with Gasteiger partial charge in [-0.05, 0) is 49.2 Å². The van der Waals surface area contributed by atoms with E-state index in [9.17, 15) is 18.5 Å². The largest absolute Gasteiger partial charge is 0.481 e. The lowest BCUT2D eigenvalue weighted by Gasteiger charge is -2.16. The number of pyridine rings is 1. The van der Waals surface area contributed by atoms with Gasteiger partial charge < -0.3 is 15.2 Å². The summed E-state index contributed by atoms with van der Waals surface area (Å²) in [5.41, 5.74) is 1.59. The Balaban J connectivity index is 1.87. The van der Waals surface area contributed by atoms with Gasteiger partial charge in [0.1, 0.15) is 5.82 Å². The number of amides is 2. The number of aromatic nitrogens is 3. The molecular weight excluding hydrogens is 439 g/mol. The Labute approximate surface area is 184 Å². The number of carbonyl (C=O) groups is 1. The van der Waals surface area contributed by atoms with Crippen LogP contribution in [0.25, 0.3) is 11.1 Å². The van der Waals surface area contributed by atoms with Crippen molar-refractivity contribution in [3.63, 3.8) is 0 Å². The first kappa shape index (κ1) is 23.2. The highest BCUT2D eigenvalue weighted by Crippen LogP contribution is 2.33. The molecule has 3 aromatic rings. The number of aryl methyl sites for hydroxylation is 1. The first-order chi connectivity index (χ1) is 15.1. The number of hydrogen-bond acceptors (Lipinski definition) is 7.